The number of nitrogens with one attached hydrogen (secondary N) is 2. The molecule has 1 unspecified atom stereocenters. The molecule has 2 aromatic rings. The third-order valence-corrected chi connectivity index (χ3v) is 4.71. The lowest BCUT2D eigenvalue weighted by molar-refractivity contribution is 0.125. The number of ether oxygens (including phenoxy) is 1. The molecule has 1 aromatic carbocycles. The molecule has 0 saturated carbocycles. The van der Waals surface area contributed by atoms with Crippen LogP contribution in [0.3, 0.4) is 0 Å². The van der Waals surface area contributed by atoms with Gasteiger partial charge in [0.1, 0.15) is 0 Å². The zero-order valence-corrected chi connectivity index (χ0v) is 20.3. The first kappa shape index (κ1) is 24.7. The molecule has 156 valence electrons. The smallest absolute Gasteiger partial charge is 0.191 e. The molecule has 1 aromatic heterocycles. The summed E-state index contributed by atoms with van der Waals surface area (Å²) in [5, 5.41) is 11.9. The van der Waals surface area contributed by atoms with E-state index in [-0.39, 0.29) is 30.0 Å². The molecule has 0 bridgehead atoms. The number of aromatic nitrogens is 2. The summed E-state index contributed by atoms with van der Waals surface area (Å²) in [6, 6.07) is 7.95. The van der Waals surface area contributed by atoms with Gasteiger partial charge in [-0.05, 0) is 50.5 Å². The van der Waals surface area contributed by atoms with Gasteiger partial charge in [-0.25, -0.2) is 0 Å². The minimum Gasteiger partial charge on any atom is -0.375 e. The standard InChI is InChI=1S/C20H30ClN5O.HI/c1-14(11-19-15(2)25-26(5)16(19)3)24-20(22-4)23-9-10-27-13-17-7-6-8-18(21)12-17;/h6-8,12,14H,9-11,13H2,1-5H3,(H2,22,23,24);1H. The van der Waals surface area contributed by atoms with Crippen LogP contribution >= 0.6 is 35.6 Å². The highest BCUT2D eigenvalue weighted by atomic mass is 127. The second kappa shape index (κ2) is 12.3. The van der Waals surface area contributed by atoms with Gasteiger partial charge in [0.05, 0.1) is 18.9 Å². The van der Waals surface area contributed by atoms with E-state index in [2.05, 4.69) is 41.5 Å². The fourth-order valence-electron chi connectivity index (χ4n) is 2.96. The first-order valence-electron chi connectivity index (χ1n) is 9.19. The highest BCUT2D eigenvalue weighted by molar-refractivity contribution is 14.0. The SMILES string of the molecule is CN=C(NCCOCc1cccc(Cl)c1)NC(C)Cc1c(C)nn(C)c1C.I. The van der Waals surface area contributed by atoms with Crippen LogP contribution in [0.4, 0.5) is 0 Å². The average molecular weight is 520 g/mol. The number of hydrogen-bond acceptors (Lipinski definition) is 3. The molecule has 0 amide bonds. The summed E-state index contributed by atoms with van der Waals surface area (Å²) in [5.74, 6) is 0.771. The number of rotatable bonds is 8. The van der Waals surface area contributed by atoms with Crippen LogP contribution in [0.5, 0.6) is 0 Å². The van der Waals surface area contributed by atoms with Crippen molar-refractivity contribution >= 4 is 41.5 Å². The summed E-state index contributed by atoms with van der Waals surface area (Å²) in [5.41, 5.74) is 4.65. The lowest BCUT2D eigenvalue weighted by Crippen LogP contribution is -2.44. The van der Waals surface area contributed by atoms with Crippen molar-refractivity contribution in [3.63, 3.8) is 0 Å². The lowest BCUT2D eigenvalue weighted by atomic mass is 10.1. The van der Waals surface area contributed by atoms with Gasteiger partial charge < -0.3 is 15.4 Å². The minimum absolute atomic E-state index is 0. The fraction of sp³-hybridized carbons (Fsp3) is 0.500. The monoisotopic (exact) mass is 519 g/mol. The molecular weight excluding hydrogens is 489 g/mol. The third kappa shape index (κ3) is 7.60. The number of guanidine groups is 1. The minimum atomic E-state index is 0. The van der Waals surface area contributed by atoms with Crippen molar-refractivity contribution in [1.82, 2.24) is 20.4 Å². The van der Waals surface area contributed by atoms with Crippen LogP contribution in [0.1, 0.15) is 29.4 Å². The molecule has 0 aliphatic rings. The molecular formula is C20H31ClIN5O. The maximum atomic E-state index is 5.98. The molecule has 0 radical (unpaired) electrons. The second-order valence-electron chi connectivity index (χ2n) is 6.70. The Morgan fingerprint density at radius 2 is 2.11 bits per heavy atom. The molecule has 0 spiro atoms. The van der Waals surface area contributed by atoms with E-state index < -0.39 is 0 Å². The van der Waals surface area contributed by atoms with E-state index in [0.717, 1.165) is 28.7 Å². The Balaban J connectivity index is 0.00000392. The summed E-state index contributed by atoms with van der Waals surface area (Å²) in [6.45, 7) is 8.12. The molecule has 6 nitrogen and oxygen atoms in total. The summed E-state index contributed by atoms with van der Waals surface area (Å²) in [4.78, 5) is 4.29. The Morgan fingerprint density at radius 3 is 2.71 bits per heavy atom. The van der Waals surface area contributed by atoms with Crippen LogP contribution < -0.4 is 10.6 Å². The van der Waals surface area contributed by atoms with Crippen LogP contribution in [0.15, 0.2) is 29.3 Å². The van der Waals surface area contributed by atoms with E-state index in [9.17, 15) is 0 Å². The van der Waals surface area contributed by atoms with E-state index in [0.29, 0.717) is 19.8 Å². The number of nitrogens with zero attached hydrogens (tertiary/aromatic N) is 3. The summed E-state index contributed by atoms with van der Waals surface area (Å²) in [7, 11) is 3.75. The van der Waals surface area contributed by atoms with Gasteiger partial charge in [-0.15, -0.1) is 24.0 Å². The highest BCUT2D eigenvalue weighted by Gasteiger charge is 2.13. The number of aryl methyl sites for hydroxylation is 2. The second-order valence-corrected chi connectivity index (χ2v) is 7.14. The molecule has 8 heteroatoms. The van der Waals surface area contributed by atoms with Crippen molar-refractivity contribution in [2.75, 3.05) is 20.2 Å². The van der Waals surface area contributed by atoms with Crippen molar-refractivity contribution < 1.29 is 4.74 Å². The molecule has 2 N–H and O–H groups in total. The van der Waals surface area contributed by atoms with Gasteiger partial charge in [0.15, 0.2) is 5.96 Å². The van der Waals surface area contributed by atoms with Crippen LogP contribution in [-0.2, 0) is 24.8 Å². The molecule has 0 aliphatic heterocycles. The predicted octanol–water partition coefficient (Wildman–Crippen LogP) is 3.62. The molecule has 0 fully saturated rings. The Bertz CT molecular complexity index is 778. The zero-order chi connectivity index (χ0) is 19.8. The van der Waals surface area contributed by atoms with Crippen LogP contribution in [0.2, 0.25) is 5.02 Å². The van der Waals surface area contributed by atoms with Crippen molar-refractivity contribution in [3.05, 3.63) is 51.8 Å². The Morgan fingerprint density at radius 1 is 1.36 bits per heavy atom. The van der Waals surface area contributed by atoms with Gasteiger partial charge in [-0.1, -0.05) is 23.7 Å². The number of halogens is 2. The van der Waals surface area contributed by atoms with Crippen LogP contribution in [-0.4, -0.2) is 42.0 Å². The first-order chi connectivity index (χ1) is 12.9. The molecule has 0 saturated heterocycles. The number of hydrogen-bond donors (Lipinski definition) is 2. The van der Waals surface area contributed by atoms with E-state index in [1.807, 2.05) is 36.0 Å². The maximum Gasteiger partial charge on any atom is 0.191 e. The fourth-order valence-corrected chi connectivity index (χ4v) is 3.17. The van der Waals surface area contributed by atoms with Crippen molar-refractivity contribution in [2.45, 2.75) is 39.8 Å². The quantitative estimate of drug-likeness (QED) is 0.242. The Hall–Kier alpha value is -1.32. The van der Waals surface area contributed by atoms with Gasteiger partial charge >= 0.3 is 0 Å². The topological polar surface area (TPSA) is 63.5 Å². The van der Waals surface area contributed by atoms with Crippen molar-refractivity contribution in [3.8, 4) is 0 Å². The zero-order valence-electron chi connectivity index (χ0n) is 17.3. The number of aliphatic imine (C=N–C) groups is 1. The maximum absolute atomic E-state index is 5.98. The Labute approximate surface area is 190 Å². The molecule has 0 aliphatic carbocycles. The predicted molar refractivity (Wildman–Crippen MR) is 127 cm³/mol. The molecule has 1 heterocycles. The Kier molecular flexibility index (Phi) is 10.8. The third-order valence-electron chi connectivity index (χ3n) is 4.47. The van der Waals surface area contributed by atoms with Crippen LogP contribution in [0, 0.1) is 13.8 Å². The summed E-state index contributed by atoms with van der Waals surface area (Å²) < 4.78 is 7.62. The van der Waals surface area contributed by atoms with Gasteiger partial charge in [0, 0.05) is 37.4 Å². The van der Waals surface area contributed by atoms with Crippen molar-refractivity contribution in [2.24, 2.45) is 12.0 Å². The first-order valence-corrected chi connectivity index (χ1v) is 9.57. The normalized spacial score (nSPS) is 12.4. The lowest BCUT2D eigenvalue weighted by Gasteiger charge is -2.18. The largest absolute Gasteiger partial charge is 0.375 e. The van der Waals surface area contributed by atoms with Gasteiger partial charge in [-0.2, -0.15) is 5.10 Å². The van der Waals surface area contributed by atoms with Gasteiger partial charge in [-0.3, -0.25) is 9.67 Å². The highest BCUT2D eigenvalue weighted by Crippen LogP contribution is 2.14. The van der Waals surface area contributed by atoms with Gasteiger partial charge in [0.25, 0.3) is 0 Å². The van der Waals surface area contributed by atoms with E-state index >= 15 is 0 Å². The summed E-state index contributed by atoms with van der Waals surface area (Å²) >= 11 is 5.98. The average Bonchev–Trinajstić information content (AvgIpc) is 2.86. The van der Waals surface area contributed by atoms with Crippen LogP contribution in [0.25, 0.3) is 0 Å². The molecule has 1 atom stereocenters. The van der Waals surface area contributed by atoms with E-state index in [1.165, 1.54) is 11.3 Å². The van der Waals surface area contributed by atoms with Gasteiger partial charge in [0.2, 0.25) is 0 Å². The van der Waals surface area contributed by atoms with E-state index in [4.69, 9.17) is 16.3 Å². The molecule has 2 rings (SSSR count). The number of benzene rings is 1. The molecule has 28 heavy (non-hydrogen) atoms. The summed E-state index contributed by atoms with van der Waals surface area (Å²) in [6.07, 6.45) is 0.900. The van der Waals surface area contributed by atoms with E-state index in [1.54, 1.807) is 7.05 Å². The van der Waals surface area contributed by atoms with Crippen molar-refractivity contribution in [1.29, 1.82) is 0 Å².